The Balaban J connectivity index is 0.000000613. The van der Waals surface area contributed by atoms with Crippen LogP contribution in [0.5, 0.6) is 0 Å². The van der Waals surface area contributed by atoms with E-state index >= 15 is 0 Å². The Bertz CT molecular complexity index is 833. The molecule has 2 aromatic rings. The summed E-state index contributed by atoms with van der Waals surface area (Å²) in [6, 6.07) is 9.11. The molecule has 3 heteroatoms. The van der Waals surface area contributed by atoms with E-state index in [2.05, 4.69) is 70.5 Å². The summed E-state index contributed by atoms with van der Waals surface area (Å²) in [6.07, 6.45) is 9.29. The van der Waals surface area contributed by atoms with Crippen LogP contribution in [-0.2, 0) is 33.7 Å². The monoisotopic (exact) mass is 459 g/mol. The van der Waals surface area contributed by atoms with Gasteiger partial charge in [0.25, 0.3) is 0 Å². The first kappa shape index (κ1) is 20.0. The van der Waals surface area contributed by atoms with Crippen LogP contribution in [-0.4, -0.2) is 0 Å². The Morgan fingerprint density at radius 3 is 1.50 bits per heavy atom. The molecule has 134 valence electrons. The predicted molar refractivity (Wildman–Crippen MR) is 111 cm³/mol. The van der Waals surface area contributed by atoms with Gasteiger partial charge in [-0.05, 0) is 40.5 Å². The first-order valence-corrected chi connectivity index (χ1v) is 15.2. The van der Waals surface area contributed by atoms with E-state index in [0.29, 0.717) is 0 Å². The van der Waals surface area contributed by atoms with E-state index < -0.39 is 20.8 Å². The van der Waals surface area contributed by atoms with Gasteiger partial charge in [-0.25, -0.2) is 0 Å². The third kappa shape index (κ3) is 4.06. The molecule has 0 atom stereocenters. The molecule has 0 nitrogen and oxygen atoms in total. The quantitative estimate of drug-likeness (QED) is 0.415. The fourth-order valence-electron chi connectivity index (χ4n) is 3.98. The van der Waals surface area contributed by atoms with Crippen molar-refractivity contribution in [3.05, 3.63) is 86.3 Å². The number of rotatable bonds is 2. The predicted octanol–water partition coefficient (Wildman–Crippen LogP) is 7.20. The Labute approximate surface area is 176 Å². The molecule has 0 radical (unpaired) electrons. The number of hydrogen-bond acceptors (Lipinski definition) is 0. The standard InChI is InChI=1S/C23H23.2ClH.Zr/c1-14-9-20-16(3)5-7-18(22(20)11-14)13-19-8-6-17(4)21-10-15(2)12-23(19)21;;;/h5-10,13H,11-12H2,1-4H3;2*1H;/q-1;;;+2/p-2. The minimum atomic E-state index is -0.826. The van der Waals surface area contributed by atoms with E-state index in [4.69, 9.17) is 17.0 Å². The SMILES string of the molecule is CC1=Cc2c(C)ccc([CH-]c3ccc(C)c4c3CC(C)=C4)c2C1.[Cl][Zr][Cl]. The molecule has 0 bridgehead atoms. The van der Waals surface area contributed by atoms with Gasteiger partial charge in [0.1, 0.15) is 0 Å². The molecule has 0 saturated carbocycles. The third-order valence-electron chi connectivity index (χ3n) is 5.23. The Morgan fingerprint density at radius 2 is 1.12 bits per heavy atom. The molecule has 0 saturated heterocycles. The summed E-state index contributed by atoms with van der Waals surface area (Å²) in [5, 5.41) is 0. The van der Waals surface area contributed by atoms with Gasteiger partial charge in [0.15, 0.2) is 0 Å². The molecule has 0 aromatic heterocycles. The number of hydrogen-bond donors (Lipinski definition) is 0. The topological polar surface area (TPSA) is 0 Å². The summed E-state index contributed by atoms with van der Waals surface area (Å²) in [5.74, 6) is 0. The number of allylic oxidation sites excluding steroid dienone is 2. The second kappa shape index (κ2) is 8.51. The fourth-order valence-corrected chi connectivity index (χ4v) is 3.98. The Kier molecular flexibility index (Phi) is 6.55. The molecule has 26 heavy (non-hydrogen) atoms. The maximum atomic E-state index is 4.93. The molecule has 0 fully saturated rings. The molecule has 2 aromatic carbocycles. The van der Waals surface area contributed by atoms with Gasteiger partial charge in [-0.2, -0.15) is 0 Å². The van der Waals surface area contributed by atoms with Gasteiger partial charge in [-0.15, -0.1) is 29.7 Å². The van der Waals surface area contributed by atoms with Crippen LogP contribution < -0.4 is 0 Å². The molecule has 0 amide bonds. The first-order chi connectivity index (χ1) is 12.4. The van der Waals surface area contributed by atoms with Crippen molar-refractivity contribution in [3.8, 4) is 0 Å². The first-order valence-electron chi connectivity index (χ1n) is 8.85. The van der Waals surface area contributed by atoms with Crippen LogP contribution in [0.15, 0.2) is 35.4 Å². The van der Waals surface area contributed by atoms with Gasteiger partial charge >= 0.3 is 37.9 Å². The van der Waals surface area contributed by atoms with Gasteiger partial charge in [0.05, 0.1) is 0 Å². The van der Waals surface area contributed by atoms with Crippen molar-refractivity contribution < 1.29 is 20.8 Å². The van der Waals surface area contributed by atoms with Gasteiger partial charge in [0.2, 0.25) is 0 Å². The maximum absolute atomic E-state index is 4.93. The molecule has 0 heterocycles. The molecule has 2 aliphatic rings. The summed E-state index contributed by atoms with van der Waals surface area (Å²) < 4.78 is 0. The van der Waals surface area contributed by atoms with Crippen molar-refractivity contribution in [2.24, 2.45) is 0 Å². The normalized spacial score (nSPS) is 13.9. The van der Waals surface area contributed by atoms with Gasteiger partial charge in [0, 0.05) is 0 Å². The van der Waals surface area contributed by atoms with Crippen LogP contribution in [0, 0.1) is 20.3 Å². The van der Waals surface area contributed by atoms with Crippen molar-refractivity contribution >= 4 is 29.2 Å². The molecule has 0 N–H and O–H groups in total. The molecule has 0 spiro atoms. The fraction of sp³-hybridized carbons (Fsp3) is 0.261. The second-order valence-electron chi connectivity index (χ2n) is 7.28. The van der Waals surface area contributed by atoms with Gasteiger partial charge in [-0.1, -0.05) is 68.8 Å². The van der Waals surface area contributed by atoms with E-state index in [1.165, 1.54) is 55.7 Å². The number of benzene rings is 2. The van der Waals surface area contributed by atoms with E-state index in [1.54, 1.807) is 0 Å². The molecular formula is C23H23Cl2Zr-. The molecule has 2 aliphatic carbocycles. The second-order valence-corrected chi connectivity index (χ2v) is 11.0. The summed E-state index contributed by atoms with van der Waals surface area (Å²) >= 11 is -0.826. The van der Waals surface area contributed by atoms with Crippen LogP contribution in [0.1, 0.15) is 58.4 Å². The van der Waals surface area contributed by atoms with Crippen molar-refractivity contribution in [1.82, 2.24) is 0 Å². The summed E-state index contributed by atoms with van der Waals surface area (Å²) in [7, 11) is 9.87. The average Bonchev–Trinajstić information content (AvgIpc) is 3.17. The summed E-state index contributed by atoms with van der Waals surface area (Å²) in [5.41, 5.74) is 14.4. The molecule has 4 rings (SSSR count). The van der Waals surface area contributed by atoms with E-state index in [9.17, 15) is 0 Å². The third-order valence-corrected chi connectivity index (χ3v) is 5.23. The van der Waals surface area contributed by atoms with Crippen LogP contribution in [0.2, 0.25) is 0 Å². The van der Waals surface area contributed by atoms with Crippen LogP contribution in [0.3, 0.4) is 0 Å². The van der Waals surface area contributed by atoms with E-state index in [0.717, 1.165) is 12.8 Å². The zero-order chi connectivity index (χ0) is 18.8. The van der Waals surface area contributed by atoms with Crippen LogP contribution >= 0.6 is 17.0 Å². The number of fused-ring (bicyclic) bond motifs is 2. The van der Waals surface area contributed by atoms with Crippen LogP contribution in [0.25, 0.3) is 12.2 Å². The molecular weight excluding hydrogens is 438 g/mol. The molecule has 0 unspecified atom stereocenters. The molecule has 0 aliphatic heterocycles. The van der Waals surface area contributed by atoms with Gasteiger partial charge < -0.3 is 0 Å². The zero-order valence-electron chi connectivity index (χ0n) is 15.7. The van der Waals surface area contributed by atoms with E-state index in [-0.39, 0.29) is 0 Å². The van der Waals surface area contributed by atoms with Crippen molar-refractivity contribution in [2.45, 2.75) is 40.5 Å². The summed E-state index contributed by atoms with van der Waals surface area (Å²) in [6.45, 7) is 8.91. The zero-order valence-corrected chi connectivity index (χ0v) is 19.7. The van der Waals surface area contributed by atoms with Crippen molar-refractivity contribution in [1.29, 1.82) is 0 Å². The number of aryl methyl sites for hydroxylation is 2. The van der Waals surface area contributed by atoms with Crippen LogP contribution in [0.4, 0.5) is 0 Å². The van der Waals surface area contributed by atoms with Gasteiger partial charge in [-0.3, -0.25) is 0 Å². The number of halogens is 2. The Morgan fingerprint density at radius 1 is 0.731 bits per heavy atom. The van der Waals surface area contributed by atoms with Crippen molar-refractivity contribution in [2.75, 3.05) is 0 Å². The van der Waals surface area contributed by atoms with E-state index in [1.807, 2.05) is 0 Å². The van der Waals surface area contributed by atoms with Crippen molar-refractivity contribution in [3.63, 3.8) is 0 Å². The Hall–Kier alpha value is -0.747. The average molecular weight is 462 g/mol. The minimum absolute atomic E-state index is 0.826. The summed E-state index contributed by atoms with van der Waals surface area (Å²) in [4.78, 5) is 0.